The number of rotatable bonds is 7. The molecule has 1 atom stereocenters. The molecule has 0 aromatic heterocycles. The van der Waals surface area contributed by atoms with E-state index in [2.05, 4.69) is 10.2 Å². The van der Waals surface area contributed by atoms with Crippen LogP contribution in [-0.2, 0) is 6.54 Å². The van der Waals surface area contributed by atoms with Gasteiger partial charge in [0.15, 0.2) is 0 Å². The Bertz CT molecular complexity index is 419. The van der Waals surface area contributed by atoms with Crippen molar-refractivity contribution in [2.75, 3.05) is 18.5 Å². The average Bonchev–Trinajstić information content (AvgIpc) is 3.17. The van der Waals surface area contributed by atoms with Gasteiger partial charge in [-0.05, 0) is 49.9 Å². The topological polar surface area (TPSA) is 35.5 Å². The van der Waals surface area contributed by atoms with Crippen LogP contribution in [0, 0.1) is 5.82 Å². The van der Waals surface area contributed by atoms with E-state index in [4.69, 9.17) is 0 Å². The lowest BCUT2D eigenvalue weighted by atomic mass is 10.1. The van der Waals surface area contributed by atoms with E-state index in [9.17, 15) is 9.50 Å². The zero-order valence-corrected chi connectivity index (χ0v) is 11.7. The summed E-state index contributed by atoms with van der Waals surface area (Å²) in [5.74, 6) is -0.194. The third kappa shape index (κ3) is 4.48. The predicted octanol–water partition coefficient (Wildman–Crippen LogP) is 2.28. The van der Waals surface area contributed by atoms with Crippen molar-refractivity contribution in [1.29, 1.82) is 0 Å². The minimum absolute atomic E-state index is 0.194. The van der Waals surface area contributed by atoms with E-state index in [1.165, 1.54) is 18.9 Å². The van der Waals surface area contributed by atoms with Crippen LogP contribution >= 0.6 is 0 Å². The Labute approximate surface area is 114 Å². The molecule has 19 heavy (non-hydrogen) atoms. The average molecular weight is 266 g/mol. The number of aliphatic hydroxyl groups excluding tert-OH is 1. The molecule has 1 aliphatic carbocycles. The quantitative estimate of drug-likeness (QED) is 0.795. The summed E-state index contributed by atoms with van der Waals surface area (Å²) in [6.07, 6.45) is 2.85. The molecule has 1 fully saturated rings. The Balaban J connectivity index is 2.03. The van der Waals surface area contributed by atoms with Gasteiger partial charge in [-0.3, -0.25) is 0 Å². The van der Waals surface area contributed by atoms with E-state index in [0.29, 0.717) is 19.0 Å². The highest BCUT2D eigenvalue weighted by molar-refractivity contribution is 5.53. The highest BCUT2D eigenvalue weighted by Crippen LogP contribution is 2.24. The van der Waals surface area contributed by atoms with E-state index >= 15 is 0 Å². The largest absolute Gasteiger partial charge is 0.393 e. The van der Waals surface area contributed by atoms with Crippen LogP contribution in [0.3, 0.4) is 0 Å². The standard InChI is InChI=1S/C15H23FN2O/c1-11(19)7-8-18(2)15-6-3-13(16)9-12(15)10-17-14-4-5-14/h3,6,9,11,14,17,19H,4-5,7-8,10H2,1-2H3. The van der Waals surface area contributed by atoms with Gasteiger partial charge in [0.25, 0.3) is 0 Å². The summed E-state index contributed by atoms with van der Waals surface area (Å²) < 4.78 is 13.4. The van der Waals surface area contributed by atoms with Crippen LogP contribution in [0.15, 0.2) is 18.2 Å². The lowest BCUT2D eigenvalue weighted by molar-refractivity contribution is 0.187. The van der Waals surface area contributed by atoms with Gasteiger partial charge in [-0.15, -0.1) is 0 Å². The van der Waals surface area contributed by atoms with Crippen molar-refractivity contribution in [2.24, 2.45) is 0 Å². The van der Waals surface area contributed by atoms with Crippen molar-refractivity contribution in [2.45, 2.75) is 44.9 Å². The summed E-state index contributed by atoms with van der Waals surface area (Å²) in [5, 5.41) is 12.8. The monoisotopic (exact) mass is 266 g/mol. The zero-order valence-electron chi connectivity index (χ0n) is 11.7. The first-order valence-corrected chi connectivity index (χ1v) is 6.97. The first-order chi connectivity index (χ1) is 9.06. The molecule has 3 nitrogen and oxygen atoms in total. The van der Waals surface area contributed by atoms with Crippen molar-refractivity contribution in [1.82, 2.24) is 5.32 Å². The van der Waals surface area contributed by atoms with Crippen LogP contribution in [0.2, 0.25) is 0 Å². The Kier molecular flexibility index (Phi) is 4.77. The minimum atomic E-state index is -0.309. The number of halogens is 1. The number of nitrogens with zero attached hydrogens (tertiary/aromatic N) is 1. The Morgan fingerprint density at radius 2 is 2.21 bits per heavy atom. The molecule has 1 unspecified atom stereocenters. The highest BCUT2D eigenvalue weighted by Gasteiger charge is 2.21. The summed E-state index contributed by atoms with van der Waals surface area (Å²) >= 11 is 0. The molecule has 4 heteroatoms. The number of aliphatic hydroxyl groups is 1. The molecule has 1 aliphatic rings. The van der Waals surface area contributed by atoms with Gasteiger partial charge >= 0.3 is 0 Å². The van der Waals surface area contributed by atoms with Gasteiger partial charge < -0.3 is 15.3 Å². The molecule has 2 rings (SSSR count). The van der Waals surface area contributed by atoms with Gasteiger partial charge in [0.2, 0.25) is 0 Å². The zero-order chi connectivity index (χ0) is 13.8. The number of hydrogen-bond acceptors (Lipinski definition) is 3. The molecule has 1 aromatic carbocycles. The second kappa shape index (κ2) is 6.35. The number of nitrogens with one attached hydrogen (secondary N) is 1. The van der Waals surface area contributed by atoms with Gasteiger partial charge in [-0.2, -0.15) is 0 Å². The SMILES string of the molecule is CC(O)CCN(C)c1ccc(F)cc1CNC1CC1. The molecule has 0 spiro atoms. The molecule has 0 aliphatic heterocycles. The molecule has 0 amide bonds. The normalized spacial score (nSPS) is 16.4. The second-order valence-corrected chi connectivity index (χ2v) is 5.49. The molecule has 1 aromatic rings. The molecule has 0 heterocycles. The van der Waals surface area contributed by atoms with Crippen LogP contribution in [0.25, 0.3) is 0 Å². The van der Waals surface area contributed by atoms with Crippen molar-refractivity contribution < 1.29 is 9.50 Å². The van der Waals surface area contributed by atoms with Gasteiger partial charge in [-0.1, -0.05) is 0 Å². The van der Waals surface area contributed by atoms with Gasteiger partial charge in [-0.25, -0.2) is 4.39 Å². The van der Waals surface area contributed by atoms with Crippen molar-refractivity contribution in [3.63, 3.8) is 0 Å². The predicted molar refractivity (Wildman–Crippen MR) is 75.8 cm³/mol. The molecular weight excluding hydrogens is 243 g/mol. The van der Waals surface area contributed by atoms with E-state index in [1.807, 2.05) is 13.1 Å². The van der Waals surface area contributed by atoms with Gasteiger partial charge in [0.1, 0.15) is 5.82 Å². The Morgan fingerprint density at radius 3 is 2.84 bits per heavy atom. The molecule has 0 radical (unpaired) electrons. The smallest absolute Gasteiger partial charge is 0.123 e. The van der Waals surface area contributed by atoms with Crippen LogP contribution < -0.4 is 10.2 Å². The molecule has 1 saturated carbocycles. The first kappa shape index (κ1) is 14.3. The molecule has 106 valence electrons. The van der Waals surface area contributed by atoms with Crippen molar-refractivity contribution in [3.8, 4) is 0 Å². The van der Waals surface area contributed by atoms with E-state index in [0.717, 1.165) is 17.8 Å². The number of benzene rings is 1. The van der Waals surface area contributed by atoms with Crippen LogP contribution in [0.1, 0.15) is 31.7 Å². The maximum atomic E-state index is 13.4. The van der Waals surface area contributed by atoms with E-state index in [-0.39, 0.29) is 11.9 Å². The lowest BCUT2D eigenvalue weighted by Crippen LogP contribution is -2.24. The van der Waals surface area contributed by atoms with E-state index < -0.39 is 0 Å². The summed E-state index contributed by atoms with van der Waals surface area (Å²) in [7, 11) is 1.98. The van der Waals surface area contributed by atoms with Gasteiger partial charge in [0, 0.05) is 31.9 Å². The number of hydrogen-bond donors (Lipinski definition) is 2. The summed E-state index contributed by atoms with van der Waals surface area (Å²) in [5.41, 5.74) is 2.02. The lowest BCUT2D eigenvalue weighted by Gasteiger charge is -2.23. The molecule has 0 bridgehead atoms. The van der Waals surface area contributed by atoms with E-state index in [1.54, 1.807) is 13.0 Å². The second-order valence-electron chi connectivity index (χ2n) is 5.49. The fourth-order valence-corrected chi connectivity index (χ4v) is 2.11. The molecule has 2 N–H and O–H groups in total. The Hall–Kier alpha value is -1.13. The molecular formula is C15H23FN2O. The summed E-state index contributed by atoms with van der Waals surface area (Å²) in [6, 6.07) is 5.53. The number of anilines is 1. The van der Waals surface area contributed by atoms with Crippen LogP contribution in [0.5, 0.6) is 0 Å². The van der Waals surface area contributed by atoms with Crippen LogP contribution in [0.4, 0.5) is 10.1 Å². The van der Waals surface area contributed by atoms with Crippen molar-refractivity contribution in [3.05, 3.63) is 29.6 Å². The summed E-state index contributed by atoms with van der Waals surface area (Å²) in [4.78, 5) is 2.08. The fourth-order valence-electron chi connectivity index (χ4n) is 2.11. The van der Waals surface area contributed by atoms with Crippen molar-refractivity contribution >= 4 is 5.69 Å². The maximum Gasteiger partial charge on any atom is 0.123 e. The third-order valence-corrected chi connectivity index (χ3v) is 3.49. The fraction of sp³-hybridized carbons (Fsp3) is 0.600. The first-order valence-electron chi connectivity index (χ1n) is 6.97. The molecule has 0 saturated heterocycles. The third-order valence-electron chi connectivity index (χ3n) is 3.49. The minimum Gasteiger partial charge on any atom is -0.393 e. The van der Waals surface area contributed by atoms with Gasteiger partial charge in [0.05, 0.1) is 6.10 Å². The summed E-state index contributed by atoms with van der Waals surface area (Å²) in [6.45, 7) is 3.25. The highest BCUT2D eigenvalue weighted by atomic mass is 19.1. The van der Waals surface area contributed by atoms with Crippen LogP contribution in [-0.4, -0.2) is 30.8 Å². The Morgan fingerprint density at radius 1 is 1.47 bits per heavy atom. The maximum absolute atomic E-state index is 13.4.